The Balaban J connectivity index is 1.52. The third-order valence-electron chi connectivity index (χ3n) is 5.80. The average molecular weight is 498 g/mol. The van der Waals surface area contributed by atoms with E-state index >= 15 is 0 Å². The van der Waals surface area contributed by atoms with Gasteiger partial charge in [-0.2, -0.15) is 4.98 Å². The Morgan fingerprint density at radius 2 is 2.11 bits per heavy atom. The van der Waals surface area contributed by atoms with Gasteiger partial charge in [0.1, 0.15) is 23.0 Å². The Morgan fingerprint density at radius 3 is 2.86 bits per heavy atom. The van der Waals surface area contributed by atoms with Crippen LogP contribution < -0.4 is 20.3 Å². The summed E-state index contributed by atoms with van der Waals surface area (Å²) in [5.74, 6) is 1.82. The zero-order chi connectivity index (χ0) is 24.6. The van der Waals surface area contributed by atoms with Crippen molar-refractivity contribution < 1.29 is 14.6 Å². The number of halogens is 1. The third kappa shape index (κ3) is 6.14. The first kappa shape index (κ1) is 24.6. The molecule has 2 aromatic heterocycles. The fraction of sp³-hybridized carbons (Fsp3) is 0.375. The van der Waals surface area contributed by atoms with Crippen molar-refractivity contribution >= 4 is 29.3 Å². The molecule has 10 nitrogen and oxygen atoms in total. The molecule has 1 aliphatic rings. The van der Waals surface area contributed by atoms with E-state index in [2.05, 4.69) is 30.6 Å². The second kappa shape index (κ2) is 11.8. The number of methoxy groups -OCH3 is 1. The summed E-state index contributed by atoms with van der Waals surface area (Å²) in [5, 5.41) is 16.4. The number of nitrogens with one attached hydrogen (secondary N) is 2. The second-order valence-electron chi connectivity index (χ2n) is 8.10. The molecule has 1 saturated heterocycles. The summed E-state index contributed by atoms with van der Waals surface area (Å²) in [7, 11) is 1.56. The lowest BCUT2D eigenvalue weighted by molar-refractivity contribution is 0.0954. The fourth-order valence-corrected chi connectivity index (χ4v) is 4.23. The molecule has 0 spiro atoms. The lowest BCUT2D eigenvalue weighted by atomic mass is 10.2. The molecule has 3 aromatic rings. The molecule has 1 fully saturated rings. The number of aliphatic hydroxyl groups excluding tert-OH is 1. The highest BCUT2D eigenvalue weighted by Gasteiger charge is 2.27. The van der Waals surface area contributed by atoms with Crippen molar-refractivity contribution in [3.8, 4) is 5.75 Å². The van der Waals surface area contributed by atoms with Gasteiger partial charge < -0.3 is 25.4 Å². The molecule has 35 heavy (non-hydrogen) atoms. The van der Waals surface area contributed by atoms with Crippen LogP contribution in [0.15, 0.2) is 42.9 Å². The Labute approximate surface area is 208 Å². The molecule has 1 aromatic carbocycles. The first-order chi connectivity index (χ1) is 17.1. The van der Waals surface area contributed by atoms with Crippen molar-refractivity contribution in [1.29, 1.82) is 0 Å². The minimum Gasteiger partial charge on any atom is -0.495 e. The number of nitrogens with zero attached hydrogens (tertiary/aromatic N) is 5. The number of hydrogen-bond donors (Lipinski definition) is 3. The maximum atomic E-state index is 13.0. The van der Waals surface area contributed by atoms with E-state index in [0.717, 1.165) is 24.9 Å². The Bertz CT molecular complexity index is 1150. The summed E-state index contributed by atoms with van der Waals surface area (Å²) in [5.41, 5.74) is 1.22. The van der Waals surface area contributed by atoms with Gasteiger partial charge in [0.15, 0.2) is 0 Å². The lowest BCUT2D eigenvalue weighted by Gasteiger charge is -2.24. The van der Waals surface area contributed by atoms with Crippen LogP contribution in [0.25, 0.3) is 0 Å². The van der Waals surface area contributed by atoms with E-state index in [1.165, 1.54) is 6.20 Å². The molecule has 11 heteroatoms. The van der Waals surface area contributed by atoms with E-state index in [0.29, 0.717) is 53.4 Å². The molecule has 0 radical (unpaired) electrons. The lowest BCUT2D eigenvalue weighted by Crippen LogP contribution is -2.34. The van der Waals surface area contributed by atoms with Gasteiger partial charge in [0, 0.05) is 44.6 Å². The van der Waals surface area contributed by atoms with Gasteiger partial charge in [-0.15, -0.1) is 0 Å². The average Bonchev–Trinajstić information content (AvgIpc) is 3.37. The molecule has 1 atom stereocenters. The highest BCUT2D eigenvalue weighted by molar-refractivity contribution is 6.32. The highest BCUT2D eigenvalue weighted by Crippen LogP contribution is 2.27. The van der Waals surface area contributed by atoms with Crippen LogP contribution in [-0.4, -0.2) is 63.8 Å². The van der Waals surface area contributed by atoms with Crippen LogP contribution in [0.3, 0.4) is 0 Å². The van der Waals surface area contributed by atoms with Crippen LogP contribution in [0.1, 0.15) is 34.6 Å². The summed E-state index contributed by atoms with van der Waals surface area (Å²) in [6.45, 7) is 1.54. The minimum atomic E-state index is -0.303. The number of anilines is 2. The number of carbonyl (C=O) groups is 1. The maximum Gasteiger partial charge on any atom is 0.256 e. The molecule has 0 saturated carbocycles. The van der Waals surface area contributed by atoms with Gasteiger partial charge >= 0.3 is 0 Å². The standard InChI is InChI=1S/C24H28ClN7O3/c1-35-20-6-5-16(12-19(20)25)13-29-22-18(23(34)28-10-7-21-26-8-3-9-27-21)14-30-24(31-22)32-11-2-4-17(32)15-33/h3,5-6,8-9,12,14,17,33H,2,4,7,10-11,13,15H2,1H3,(H,28,34)(H,29,30,31)/t17-/m0/s1. The minimum absolute atomic E-state index is 0.0280. The Morgan fingerprint density at radius 1 is 1.29 bits per heavy atom. The van der Waals surface area contributed by atoms with Gasteiger partial charge in [0.25, 0.3) is 5.91 Å². The normalized spacial score (nSPS) is 15.2. The zero-order valence-corrected chi connectivity index (χ0v) is 20.2. The van der Waals surface area contributed by atoms with E-state index in [9.17, 15) is 9.90 Å². The van der Waals surface area contributed by atoms with Crippen LogP contribution in [-0.2, 0) is 13.0 Å². The number of hydrogen-bond acceptors (Lipinski definition) is 9. The molecule has 4 rings (SSSR count). The maximum absolute atomic E-state index is 13.0. The van der Waals surface area contributed by atoms with Crippen LogP contribution >= 0.6 is 11.6 Å². The quantitative estimate of drug-likeness (QED) is 0.387. The SMILES string of the molecule is COc1ccc(CNc2nc(N3CCC[C@H]3CO)ncc2C(=O)NCCc2ncccn2)cc1Cl. The van der Waals surface area contributed by atoms with Gasteiger partial charge in [0.05, 0.1) is 24.8 Å². The number of rotatable bonds is 10. The molecule has 3 N–H and O–H groups in total. The van der Waals surface area contributed by atoms with Crippen molar-refractivity contribution in [2.24, 2.45) is 0 Å². The zero-order valence-electron chi connectivity index (χ0n) is 19.4. The Kier molecular flexibility index (Phi) is 8.27. The number of benzene rings is 1. The monoisotopic (exact) mass is 497 g/mol. The molecule has 0 unspecified atom stereocenters. The predicted octanol–water partition coefficient (Wildman–Crippen LogP) is 2.47. The summed E-state index contributed by atoms with van der Waals surface area (Å²) >= 11 is 6.26. The number of aromatic nitrogens is 4. The molecule has 3 heterocycles. The summed E-state index contributed by atoms with van der Waals surface area (Å²) in [6.07, 6.45) is 7.18. The van der Waals surface area contributed by atoms with Crippen molar-refractivity contribution in [3.63, 3.8) is 0 Å². The van der Waals surface area contributed by atoms with Crippen molar-refractivity contribution in [1.82, 2.24) is 25.3 Å². The van der Waals surface area contributed by atoms with E-state index < -0.39 is 0 Å². The molecule has 184 valence electrons. The molecule has 0 aliphatic carbocycles. The molecule has 1 aliphatic heterocycles. The molecule has 1 amide bonds. The van der Waals surface area contributed by atoms with E-state index in [-0.39, 0.29) is 18.6 Å². The van der Waals surface area contributed by atoms with Crippen molar-refractivity contribution in [3.05, 3.63) is 64.8 Å². The highest BCUT2D eigenvalue weighted by atomic mass is 35.5. The molecular weight excluding hydrogens is 470 g/mol. The van der Waals surface area contributed by atoms with Crippen LogP contribution in [0.4, 0.5) is 11.8 Å². The first-order valence-corrected chi connectivity index (χ1v) is 11.8. The van der Waals surface area contributed by atoms with E-state index in [1.807, 2.05) is 11.0 Å². The van der Waals surface area contributed by atoms with Crippen molar-refractivity contribution in [2.75, 3.05) is 37.0 Å². The van der Waals surface area contributed by atoms with Gasteiger partial charge in [-0.1, -0.05) is 17.7 Å². The van der Waals surface area contributed by atoms with Gasteiger partial charge in [-0.25, -0.2) is 15.0 Å². The number of amides is 1. The van der Waals surface area contributed by atoms with Gasteiger partial charge in [-0.3, -0.25) is 4.79 Å². The number of ether oxygens (including phenoxy) is 1. The van der Waals surface area contributed by atoms with Gasteiger partial charge in [-0.05, 0) is 36.6 Å². The first-order valence-electron chi connectivity index (χ1n) is 11.4. The Hall–Kier alpha value is -3.50. The summed E-state index contributed by atoms with van der Waals surface area (Å²) in [4.78, 5) is 32.4. The third-order valence-corrected chi connectivity index (χ3v) is 6.09. The topological polar surface area (TPSA) is 125 Å². The number of carbonyl (C=O) groups excluding carboxylic acids is 1. The smallest absolute Gasteiger partial charge is 0.256 e. The fourth-order valence-electron chi connectivity index (χ4n) is 3.95. The van der Waals surface area contributed by atoms with Crippen LogP contribution in [0.5, 0.6) is 5.75 Å². The summed E-state index contributed by atoms with van der Waals surface area (Å²) < 4.78 is 5.22. The van der Waals surface area contributed by atoms with Gasteiger partial charge in [0.2, 0.25) is 5.95 Å². The number of aliphatic hydroxyl groups is 1. The van der Waals surface area contributed by atoms with E-state index in [4.69, 9.17) is 16.3 Å². The summed E-state index contributed by atoms with van der Waals surface area (Å²) in [6, 6.07) is 7.20. The largest absolute Gasteiger partial charge is 0.495 e. The van der Waals surface area contributed by atoms with Crippen LogP contribution in [0.2, 0.25) is 5.02 Å². The van der Waals surface area contributed by atoms with Crippen molar-refractivity contribution in [2.45, 2.75) is 31.8 Å². The predicted molar refractivity (Wildman–Crippen MR) is 133 cm³/mol. The van der Waals surface area contributed by atoms with E-state index in [1.54, 1.807) is 37.7 Å². The second-order valence-corrected chi connectivity index (χ2v) is 8.50. The van der Waals surface area contributed by atoms with Crippen LogP contribution in [0, 0.1) is 0 Å². The molecular formula is C24H28ClN7O3. The molecule has 0 bridgehead atoms.